The highest BCUT2D eigenvalue weighted by Gasteiger charge is 2.23. The SMILES string of the molecule is CCCC1N(Br)C=NN1CC. The number of rotatable bonds is 3. The molecule has 1 heterocycles. The lowest BCUT2D eigenvalue weighted by atomic mass is 10.3. The largest absolute Gasteiger partial charge is 0.274 e. The normalized spacial score (nSPS) is 23.4. The zero-order valence-corrected chi connectivity index (χ0v) is 8.58. The zero-order valence-electron chi connectivity index (χ0n) is 7.00. The third-order valence-corrected chi connectivity index (χ3v) is 2.47. The van der Waals surface area contributed by atoms with Gasteiger partial charge in [0.2, 0.25) is 0 Å². The Balaban J connectivity index is 2.47. The first-order valence-corrected chi connectivity index (χ1v) is 4.75. The predicted octanol–water partition coefficient (Wildman–Crippen LogP) is 2.00. The summed E-state index contributed by atoms with van der Waals surface area (Å²) in [5.41, 5.74) is 0. The van der Waals surface area contributed by atoms with E-state index in [0.717, 1.165) is 13.0 Å². The van der Waals surface area contributed by atoms with Crippen LogP contribution in [0, 0.1) is 0 Å². The highest BCUT2D eigenvalue weighted by molar-refractivity contribution is 9.07. The Kier molecular flexibility index (Phi) is 3.17. The Hall–Kier alpha value is -0.250. The summed E-state index contributed by atoms with van der Waals surface area (Å²) in [5.74, 6) is 0. The quantitative estimate of drug-likeness (QED) is 0.677. The lowest BCUT2D eigenvalue weighted by Crippen LogP contribution is -2.34. The summed E-state index contributed by atoms with van der Waals surface area (Å²) in [6.07, 6.45) is 4.58. The Morgan fingerprint density at radius 1 is 1.55 bits per heavy atom. The minimum absolute atomic E-state index is 0.421. The van der Waals surface area contributed by atoms with E-state index in [4.69, 9.17) is 0 Å². The van der Waals surface area contributed by atoms with Crippen molar-refractivity contribution in [3.63, 3.8) is 0 Å². The topological polar surface area (TPSA) is 18.8 Å². The fraction of sp³-hybridized carbons (Fsp3) is 0.857. The Bertz CT molecular complexity index is 149. The molecule has 1 atom stereocenters. The molecule has 0 saturated heterocycles. The van der Waals surface area contributed by atoms with E-state index >= 15 is 0 Å². The van der Waals surface area contributed by atoms with Crippen LogP contribution >= 0.6 is 16.1 Å². The average Bonchev–Trinajstić information content (AvgIpc) is 2.34. The molecule has 0 fully saturated rings. The molecule has 0 saturated carbocycles. The number of hydrazone groups is 1. The van der Waals surface area contributed by atoms with Crippen molar-refractivity contribution in [1.82, 2.24) is 8.93 Å². The number of hydrogen-bond donors (Lipinski definition) is 0. The predicted molar refractivity (Wildman–Crippen MR) is 50.3 cm³/mol. The van der Waals surface area contributed by atoms with E-state index in [2.05, 4.69) is 40.1 Å². The summed E-state index contributed by atoms with van der Waals surface area (Å²) < 4.78 is 1.99. The molecule has 0 spiro atoms. The van der Waals surface area contributed by atoms with E-state index in [0.29, 0.717) is 6.17 Å². The van der Waals surface area contributed by atoms with Gasteiger partial charge in [0.15, 0.2) is 0 Å². The molecule has 1 unspecified atom stereocenters. The second kappa shape index (κ2) is 3.95. The van der Waals surface area contributed by atoms with Gasteiger partial charge in [-0.3, -0.25) is 8.93 Å². The van der Waals surface area contributed by atoms with Crippen molar-refractivity contribution in [2.45, 2.75) is 32.9 Å². The van der Waals surface area contributed by atoms with E-state index in [1.54, 1.807) is 0 Å². The lowest BCUT2D eigenvalue weighted by molar-refractivity contribution is 0.180. The molecule has 0 N–H and O–H groups in total. The van der Waals surface area contributed by atoms with Gasteiger partial charge in [0.1, 0.15) is 12.5 Å². The molecule has 0 amide bonds. The molecule has 11 heavy (non-hydrogen) atoms. The molecule has 3 nitrogen and oxygen atoms in total. The van der Waals surface area contributed by atoms with Crippen LogP contribution in [-0.4, -0.2) is 28.0 Å². The number of halogens is 1. The third-order valence-electron chi connectivity index (χ3n) is 1.81. The van der Waals surface area contributed by atoms with Crippen LogP contribution in [0.3, 0.4) is 0 Å². The van der Waals surface area contributed by atoms with Crippen LogP contribution in [0.5, 0.6) is 0 Å². The third kappa shape index (κ3) is 1.86. The molecule has 1 aliphatic rings. The van der Waals surface area contributed by atoms with E-state index < -0.39 is 0 Å². The van der Waals surface area contributed by atoms with Crippen molar-refractivity contribution >= 4 is 22.5 Å². The first-order valence-electron chi connectivity index (χ1n) is 4.04. The summed E-state index contributed by atoms with van der Waals surface area (Å²) in [4.78, 5) is 0. The highest BCUT2D eigenvalue weighted by atomic mass is 79.9. The zero-order chi connectivity index (χ0) is 8.27. The molecular weight excluding hydrogens is 206 g/mol. The van der Waals surface area contributed by atoms with Gasteiger partial charge in [-0.15, -0.1) is 0 Å². The molecule has 0 bridgehead atoms. The fourth-order valence-corrected chi connectivity index (χ4v) is 1.72. The molecule has 0 aromatic heterocycles. The van der Waals surface area contributed by atoms with Gasteiger partial charge in [-0.2, -0.15) is 5.10 Å². The standard InChI is InChI=1S/C7H14BrN3/c1-3-5-7-10(8)6-9-11(7)4-2/h6-7H,3-5H2,1-2H3. The van der Waals surface area contributed by atoms with Crippen molar-refractivity contribution in [2.75, 3.05) is 6.54 Å². The molecular formula is C7H14BrN3. The van der Waals surface area contributed by atoms with E-state index in [1.807, 2.05) is 10.3 Å². The molecule has 1 rings (SSSR count). The highest BCUT2D eigenvalue weighted by Crippen LogP contribution is 2.19. The first kappa shape index (κ1) is 8.84. The van der Waals surface area contributed by atoms with Crippen LogP contribution in [0.2, 0.25) is 0 Å². The van der Waals surface area contributed by atoms with Gasteiger partial charge < -0.3 is 0 Å². The van der Waals surface area contributed by atoms with E-state index in [-0.39, 0.29) is 0 Å². The van der Waals surface area contributed by atoms with Crippen molar-refractivity contribution in [3.05, 3.63) is 0 Å². The second-order valence-electron chi connectivity index (χ2n) is 2.60. The van der Waals surface area contributed by atoms with Gasteiger partial charge in [0.05, 0.1) is 16.1 Å². The maximum atomic E-state index is 4.22. The van der Waals surface area contributed by atoms with Crippen LogP contribution in [0.4, 0.5) is 0 Å². The molecule has 0 radical (unpaired) electrons. The van der Waals surface area contributed by atoms with Crippen molar-refractivity contribution in [2.24, 2.45) is 5.10 Å². The summed E-state index contributed by atoms with van der Waals surface area (Å²) in [7, 11) is 0. The van der Waals surface area contributed by atoms with Crippen molar-refractivity contribution < 1.29 is 0 Å². The summed E-state index contributed by atoms with van der Waals surface area (Å²) >= 11 is 3.43. The Labute approximate surface area is 76.4 Å². The van der Waals surface area contributed by atoms with Gasteiger partial charge in [0, 0.05) is 6.54 Å². The van der Waals surface area contributed by atoms with Crippen LogP contribution in [0.25, 0.3) is 0 Å². The number of nitrogens with zero attached hydrogens (tertiary/aromatic N) is 3. The van der Waals surface area contributed by atoms with Gasteiger partial charge in [-0.05, 0) is 13.3 Å². The van der Waals surface area contributed by atoms with Crippen molar-refractivity contribution in [3.8, 4) is 0 Å². The average molecular weight is 220 g/mol. The lowest BCUT2D eigenvalue weighted by Gasteiger charge is -2.24. The molecule has 4 heteroatoms. The van der Waals surface area contributed by atoms with Crippen molar-refractivity contribution in [1.29, 1.82) is 0 Å². The van der Waals surface area contributed by atoms with Crippen LogP contribution in [0.1, 0.15) is 26.7 Å². The molecule has 64 valence electrons. The van der Waals surface area contributed by atoms with Gasteiger partial charge in [-0.1, -0.05) is 13.3 Å². The number of hydrogen-bond acceptors (Lipinski definition) is 3. The van der Waals surface area contributed by atoms with E-state index in [1.165, 1.54) is 6.42 Å². The molecule has 0 aromatic rings. The van der Waals surface area contributed by atoms with Gasteiger partial charge in [-0.25, -0.2) is 0 Å². The summed E-state index contributed by atoms with van der Waals surface area (Å²) in [6, 6.07) is 0. The monoisotopic (exact) mass is 219 g/mol. The van der Waals surface area contributed by atoms with E-state index in [9.17, 15) is 0 Å². The Morgan fingerprint density at radius 2 is 2.27 bits per heavy atom. The van der Waals surface area contributed by atoms with Gasteiger partial charge in [0.25, 0.3) is 0 Å². The molecule has 1 aliphatic heterocycles. The summed E-state index contributed by atoms with van der Waals surface area (Å²) in [5, 5.41) is 6.30. The molecule has 0 aromatic carbocycles. The summed E-state index contributed by atoms with van der Waals surface area (Å²) in [6.45, 7) is 5.28. The smallest absolute Gasteiger partial charge is 0.129 e. The fourth-order valence-electron chi connectivity index (χ4n) is 1.22. The van der Waals surface area contributed by atoms with Crippen LogP contribution < -0.4 is 0 Å². The first-order chi connectivity index (χ1) is 5.29. The maximum Gasteiger partial charge on any atom is 0.129 e. The minimum atomic E-state index is 0.421. The van der Waals surface area contributed by atoms with Crippen LogP contribution in [-0.2, 0) is 0 Å². The molecule has 0 aliphatic carbocycles. The maximum absolute atomic E-state index is 4.22. The minimum Gasteiger partial charge on any atom is -0.274 e. The Morgan fingerprint density at radius 3 is 2.82 bits per heavy atom. The van der Waals surface area contributed by atoms with Crippen LogP contribution in [0.15, 0.2) is 5.10 Å². The van der Waals surface area contributed by atoms with Gasteiger partial charge >= 0.3 is 0 Å². The second-order valence-corrected chi connectivity index (χ2v) is 3.42.